The van der Waals surface area contributed by atoms with Crippen molar-refractivity contribution < 1.29 is 4.42 Å². The van der Waals surface area contributed by atoms with Crippen molar-refractivity contribution in [2.24, 2.45) is 0 Å². The SMILES string of the molecule is Nc1cccc(-c2occc2Br)c1. The second-order valence-electron chi connectivity index (χ2n) is 2.72. The van der Waals surface area contributed by atoms with Crippen LogP contribution in [0.1, 0.15) is 0 Å². The van der Waals surface area contributed by atoms with Crippen LogP contribution in [0.4, 0.5) is 5.69 Å². The molecule has 2 N–H and O–H groups in total. The van der Waals surface area contributed by atoms with Crippen LogP contribution in [0.2, 0.25) is 0 Å². The summed E-state index contributed by atoms with van der Waals surface area (Å²) in [6, 6.07) is 9.45. The summed E-state index contributed by atoms with van der Waals surface area (Å²) in [5.74, 6) is 0.812. The Morgan fingerprint density at radius 2 is 2.08 bits per heavy atom. The van der Waals surface area contributed by atoms with Crippen molar-refractivity contribution in [2.75, 3.05) is 5.73 Å². The molecule has 0 spiro atoms. The van der Waals surface area contributed by atoms with Crippen LogP contribution in [0.5, 0.6) is 0 Å². The number of furan rings is 1. The fourth-order valence-electron chi connectivity index (χ4n) is 1.18. The number of nitrogens with two attached hydrogens (primary N) is 1. The van der Waals surface area contributed by atoms with E-state index in [1.54, 1.807) is 6.26 Å². The molecule has 1 heterocycles. The van der Waals surface area contributed by atoms with Crippen LogP contribution in [0, 0.1) is 0 Å². The first-order valence-corrected chi connectivity index (χ1v) is 4.65. The first kappa shape index (κ1) is 8.38. The summed E-state index contributed by atoms with van der Waals surface area (Å²) >= 11 is 3.39. The van der Waals surface area contributed by atoms with Crippen LogP contribution in [-0.2, 0) is 0 Å². The van der Waals surface area contributed by atoms with Crippen LogP contribution in [-0.4, -0.2) is 0 Å². The van der Waals surface area contributed by atoms with Gasteiger partial charge in [0.15, 0.2) is 0 Å². The molecule has 3 heteroatoms. The molecule has 0 amide bonds. The smallest absolute Gasteiger partial charge is 0.148 e. The Hall–Kier alpha value is -1.22. The molecular weight excluding hydrogens is 230 g/mol. The highest BCUT2D eigenvalue weighted by atomic mass is 79.9. The molecule has 2 rings (SSSR count). The maximum Gasteiger partial charge on any atom is 0.148 e. The molecule has 0 bridgehead atoms. The first-order valence-electron chi connectivity index (χ1n) is 3.86. The van der Waals surface area contributed by atoms with E-state index in [-0.39, 0.29) is 0 Å². The number of hydrogen-bond donors (Lipinski definition) is 1. The van der Waals surface area contributed by atoms with Crippen molar-refractivity contribution in [3.05, 3.63) is 41.1 Å². The molecule has 66 valence electrons. The van der Waals surface area contributed by atoms with Gasteiger partial charge in [0.1, 0.15) is 5.76 Å². The molecule has 0 atom stereocenters. The maximum atomic E-state index is 5.66. The number of halogens is 1. The van der Waals surface area contributed by atoms with E-state index in [9.17, 15) is 0 Å². The highest BCUT2D eigenvalue weighted by Crippen LogP contribution is 2.29. The van der Waals surface area contributed by atoms with Gasteiger partial charge < -0.3 is 10.2 Å². The van der Waals surface area contributed by atoms with Crippen LogP contribution in [0.15, 0.2) is 45.5 Å². The van der Waals surface area contributed by atoms with Gasteiger partial charge in [0.2, 0.25) is 0 Å². The quantitative estimate of drug-likeness (QED) is 0.774. The lowest BCUT2D eigenvalue weighted by atomic mass is 10.1. The van der Waals surface area contributed by atoms with Crippen LogP contribution in [0.3, 0.4) is 0 Å². The van der Waals surface area contributed by atoms with E-state index in [1.165, 1.54) is 0 Å². The van der Waals surface area contributed by atoms with Crippen LogP contribution >= 0.6 is 15.9 Å². The standard InChI is InChI=1S/C10H8BrNO/c11-9-4-5-13-10(9)7-2-1-3-8(12)6-7/h1-6H,12H2. The molecule has 0 fully saturated rings. The van der Waals surface area contributed by atoms with Crippen molar-refractivity contribution >= 4 is 21.6 Å². The van der Waals surface area contributed by atoms with Gasteiger partial charge in [-0.15, -0.1) is 0 Å². The molecule has 2 nitrogen and oxygen atoms in total. The Morgan fingerprint density at radius 1 is 1.23 bits per heavy atom. The van der Waals surface area contributed by atoms with Crippen molar-refractivity contribution in [3.8, 4) is 11.3 Å². The van der Waals surface area contributed by atoms with Gasteiger partial charge in [-0.05, 0) is 34.1 Å². The molecule has 1 aromatic heterocycles. The third-order valence-corrected chi connectivity index (χ3v) is 2.39. The first-order chi connectivity index (χ1) is 6.27. The summed E-state index contributed by atoms with van der Waals surface area (Å²) in [4.78, 5) is 0. The van der Waals surface area contributed by atoms with E-state index in [1.807, 2.05) is 30.3 Å². The number of hydrogen-bond acceptors (Lipinski definition) is 2. The molecule has 0 aliphatic rings. The van der Waals surface area contributed by atoms with Crippen molar-refractivity contribution in [2.45, 2.75) is 0 Å². The lowest BCUT2D eigenvalue weighted by Crippen LogP contribution is -1.84. The summed E-state index contributed by atoms with van der Waals surface area (Å²) in [7, 11) is 0. The fourth-order valence-corrected chi connectivity index (χ4v) is 1.61. The average Bonchev–Trinajstić information content (AvgIpc) is 2.51. The van der Waals surface area contributed by atoms with E-state index in [2.05, 4.69) is 15.9 Å². The lowest BCUT2D eigenvalue weighted by molar-refractivity contribution is 0.581. The number of rotatable bonds is 1. The van der Waals surface area contributed by atoms with E-state index < -0.39 is 0 Å². The number of benzene rings is 1. The summed E-state index contributed by atoms with van der Waals surface area (Å²) in [5, 5.41) is 0. The molecule has 0 saturated carbocycles. The second-order valence-corrected chi connectivity index (χ2v) is 3.58. The molecule has 0 unspecified atom stereocenters. The average molecular weight is 238 g/mol. The molecule has 13 heavy (non-hydrogen) atoms. The molecule has 0 radical (unpaired) electrons. The minimum absolute atomic E-state index is 0.737. The molecule has 0 saturated heterocycles. The molecule has 0 aliphatic heterocycles. The van der Waals surface area contributed by atoms with Crippen LogP contribution < -0.4 is 5.73 Å². The molecular formula is C10H8BrNO. The minimum atomic E-state index is 0.737. The summed E-state index contributed by atoms with van der Waals surface area (Å²) < 4.78 is 6.25. The predicted molar refractivity (Wildman–Crippen MR) is 56.3 cm³/mol. The summed E-state index contributed by atoms with van der Waals surface area (Å²) in [6.45, 7) is 0. The Kier molecular flexibility index (Phi) is 2.10. The zero-order chi connectivity index (χ0) is 9.26. The third kappa shape index (κ3) is 1.60. The lowest BCUT2D eigenvalue weighted by Gasteiger charge is -1.98. The topological polar surface area (TPSA) is 39.2 Å². The van der Waals surface area contributed by atoms with Gasteiger partial charge in [-0.3, -0.25) is 0 Å². The van der Waals surface area contributed by atoms with Gasteiger partial charge in [0.05, 0.1) is 10.7 Å². The van der Waals surface area contributed by atoms with E-state index in [0.717, 1.165) is 21.5 Å². The number of nitrogen functional groups attached to an aromatic ring is 1. The third-order valence-electron chi connectivity index (χ3n) is 1.77. The van der Waals surface area contributed by atoms with E-state index in [4.69, 9.17) is 10.2 Å². The van der Waals surface area contributed by atoms with Gasteiger partial charge in [-0.2, -0.15) is 0 Å². The van der Waals surface area contributed by atoms with Crippen molar-refractivity contribution in [3.63, 3.8) is 0 Å². The highest BCUT2D eigenvalue weighted by Gasteiger charge is 2.05. The van der Waals surface area contributed by atoms with Gasteiger partial charge in [-0.25, -0.2) is 0 Å². The summed E-state index contributed by atoms with van der Waals surface area (Å²) in [6.07, 6.45) is 1.64. The zero-order valence-electron chi connectivity index (χ0n) is 6.83. The Morgan fingerprint density at radius 3 is 2.69 bits per heavy atom. The molecule has 1 aromatic carbocycles. The van der Waals surface area contributed by atoms with Crippen molar-refractivity contribution in [1.29, 1.82) is 0 Å². The normalized spacial score (nSPS) is 10.2. The van der Waals surface area contributed by atoms with Gasteiger partial charge >= 0.3 is 0 Å². The maximum absolute atomic E-state index is 5.66. The van der Waals surface area contributed by atoms with Crippen molar-refractivity contribution in [1.82, 2.24) is 0 Å². The van der Waals surface area contributed by atoms with Gasteiger partial charge in [-0.1, -0.05) is 12.1 Å². The zero-order valence-corrected chi connectivity index (χ0v) is 8.41. The molecule has 2 aromatic rings. The van der Waals surface area contributed by atoms with E-state index >= 15 is 0 Å². The highest BCUT2D eigenvalue weighted by molar-refractivity contribution is 9.10. The second kappa shape index (κ2) is 3.26. The van der Waals surface area contributed by atoms with Gasteiger partial charge in [0.25, 0.3) is 0 Å². The Labute approximate surface area is 84.5 Å². The van der Waals surface area contributed by atoms with Crippen LogP contribution in [0.25, 0.3) is 11.3 Å². The van der Waals surface area contributed by atoms with Gasteiger partial charge in [0, 0.05) is 11.3 Å². The Balaban J connectivity index is 2.53. The number of anilines is 1. The Bertz CT molecular complexity index is 422. The monoisotopic (exact) mass is 237 g/mol. The molecule has 0 aliphatic carbocycles. The predicted octanol–water partition coefficient (Wildman–Crippen LogP) is 3.29. The largest absolute Gasteiger partial charge is 0.463 e. The van der Waals surface area contributed by atoms with E-state index in [0.29, 0.717) is 0 Å². The fraction of sp³-hybridized carbons (Fsp3) is 0. The summed E-state index contributed by atoms with van der Waals surface area (Å²) in [5.41, 5.74) is 7.38. The minimum Gasteiger partial charge on any atom is -0.463 e.